The summed E-state index contributed by atoms with van der Waals surface area (Å²) in [6, 6.07) is 6.92. The Hall–Kier alpha value is -0.860. The standard InChI is InChI=1S/C14H21NO/c1-10-5-4-6-12-11(10)7-8-13(12)15-9-14(2,3)16/h4-6,13,15-16H,7-9H2,1-3H3. The van der Waals surface area contributed by atoms with Crippen molar-refractivity contribution in [3.8, 4) is 0 Å². The predicted octanol–water partition coefficient (Wildman–Crippen LogP) is 2.34. The van der Waals surface area contributed by atoms with Gasteiger partial charge in [-0.05, 0) is 50.3 Å². The summed E-state index contributed by atoms with van der Waals surface area (Å²) in [5, 5.41) is 13.2. The number of benzene rings is 1. The van der Waals surface area contributed by atoms with Gasteiger partial charge in [0.05, 0.1) is 5.60 Å². The van der Waals surface area contributed by atoms with Crippen molar-refractivity contribution in [3.05, 3.63) is 34.9 Å². The van der Waals surface area contributed by atoms with Crippen LogP contribution in [0, 0.1) is 6.92 Å². The van der Waals surface area contributed by atoms with Crippen LogP contribution in [0.4, 0.5) is 0 Å². The second-order valence-electron chi connectivity index (χ2n) is 5.43. The van der Waals surface area contributed by atoms with E-state index in [0.717, 1.165) is 12.8 Å². The molecule has 88 valence electrons. The van der Waals surface area contributed by atoms with Crippen molar-refractivity contribution in [1.82, 2.24) is 5.32 Å². The number of hydrogen-bond donors (Lipinski definition) is 2. The summed E-state index contributed by atoms with van der Waals surface area (Å²) in [7, 11) is 0. The van der Waals surface area contributed by atoms with E-state index in [9.17, 15) is 5.11 Å². The van der Waals surface area contributed by atoms with E-state index >= 15 is 0 Å². The Kier molecular flexibility index (Phi) is 3.04. The average Bonchev–Trinajstić information content (AvgIpc) is 2.58. The van der Waals surface area contributed by atoms with Gasteiger partial charge in [0.2, 0.25) is 0 Å². The Morgan fingerprint density at radius 2 is 2.19 bits per heavy atom. The monoisotopic (exact) mass is 219 g/mol. The summed E-state index contributed by atoms with van der Waals surface area (Å²) in [4.78, 5) is 0. The van der Waals surface area contributed by atoms with Crippen molar-refractivity contribution in [1.29, 1.82) is 0 Å². The minimum absolute atomic E-state index is 0.418. The zero-order chi connectivity index (χ0) is 11.8. The maximum absolute atomic E-state index is 9.72. The SMILES string of the molecule is Cc1cccc2c1CCC2NCC(C)(C)O. The van der Waals surface area contributed by atoms with E-state index in [0.29, 0.717) is 12.6 Å². The highest BCUT2D eigenvalue weighted by molar-refractivity contribution is 5.40. The van der Waals surface area contributed by atoms with Crippen LogP contribution < -0.4 is 5.32 Å². The summed E-state index contributed by atoms with van der Waals surface area (Å²) >= 11 is 0. The molecule has 1 aromatic carbocycles. The second-order valence-corrected chi connectivity index (χ2v) is 5.43. The normalized spacial score (nSPS) is 19.9. The molecule has 2 heteroatoms. The Morgan fingerprint density at radius 1 is 1.44 bits per heavy atom. The molecule has 1 aliphatic carbocycles. The summed E-state index contributed by atoms with van der Waals surface area (Å²) < 4.78 is 0. The fraction of sp³-hybridized carbons (Fsp3) is 0.571. The van der Waals surface area contributed by atoms with E-state index in [1.807, 2.05) is 13.8 Å². The van der Waals surface area contributed by atoms with Gasteiger partial charge in [-0.2, -0.15) is 0 Å². The molecule has 0 fully saturated rings. The first kappa shape index (κ1) is 11.6. The van der Waals surface area contributed by atoms with E-state index in [1.165, 1.54) is 16.7 Å². The van der Waals surface area contributed by atoms with Crippen LogP contribution in [0.25, 0.3) is 0 Å². The molecule has 0 heterocycles. The van der Waals surface area contributed by atoms with Crippen molar-refractivity contribution in [3.63, 3.8) is 0 Å². The van der Waals surface area contributed by atoms with Crippen LogP contribution in [0.15, 0.2) is 18.2 Å². The maximum Gasteiger partial charge on any atom is 0.0715 e. The fourth-order valence-electron chi connectivity index (χ4n) is 2.42. The van der Waals surface area contributed by atoms with Gasteiger partial charge in [0, 0.05) is 12.6 Å². The minimum atomic E-state index is -0.632. The van der Waals surface area contributed by atoms with Gasteiger partial charge in [-0.1, -0.05) is 18.2 Å². The molecule has 1 aliphatic rings. The van der Waals surface area contributed by atoms with Crippen LogP contribution in [0.2, 0.25) is 0 Å². The Morgan fingerprint density at radius 3 is 2.88 bits per heavy atom. The highest BCUT2D eigenvalue weighted by Gasteiger charge is 2.24. The summed E-state index contributed by atoms with van der Waals surface area (Å²) in [6.07, 6.45) is 2.31. The maximum atomic E-state index is 9.72. The zero-order valence-electron chi connectivity index (χ0n) is 10.4. The molecule has 2 rings (SSSR count). The van der Waals surface area contributed by atoms with Gasteiger partial charge in [0.15, 0.2) is 0 Å². The largest absolute Gasteiger partial charge is 0.389 e. The molecule has 16 heavy (non-hydrogen) atoms. The average molecular weight is 219 g/mol. The summed E-state index contributed by atoms with van der Waals surface area (Å²) in [5.41, 5.74) is 3.68. The van der Waals surface area contributed by atoms with Crippen LogP contribution in [0.1, 0.15) is 43.0 Å². The number of fused-ring (bicyclic) bond motifs is 1. The number of aryl methyl sites for hydroxylation is 1. The highest BCUT2D eigenvalue weighted by Crippen LogP contribution is 2.33. The van der Waals surface area contributed by atoms with Crippen LogP contribution in [0.3, 0.4) is 0 Å². The molecule has 0 amide bonds. The molecule has 1 aromatic rings. The van der Waals surface area contributed by atoms with Crippen molar-refractivity contribution in [2.24, 2.45) is 0 Å². The second kappa shape index (κ2) is 4.19. The lowest BCUT2D eigenvalue weighted by atomic mass is 10.0. The number of rotatable bonds is 3. The molecule has 2 N–H and O–H groups in total. The molecule has 1 atom stereocenters. The Balaban J connectivity index is 2.09. The molecule has 0 aliphatic heterocycles. The summed E-state index contributed by atoms with van der Waals surface area (Å²) in [5.74, 6) is 0. The molecule has 0 saturated carbocycles. The van der Waals surface area contributed by atoms with Crippen molar-refractivity contribution in [2.75, 3.05) is 6.54 Å². The lowest BCUT2D eigenvalue weighted by Crippen LogP contribution is -2.36. The number of nitrogens with one attached hydrogen (secondary N) is 1. The summed E-state index contributed by atoms with van der Waals surface area (Å²) in [6.45, 7) is 6.50. The quantitative estimate of drug-likeness (QED) is 0.818. The van der Waals surface area contributed by atoms with E-state index in [4.69, 9.17) is 0 Å². The van der Waals surface area contributed by atoms with E-state index in [-0.39, 0.29) is 0 Å². The van der Waals surface area contributed by atoms with E-state index in [2.05, 4.69) is 30.4 Å². The van der Waals surface area contributed by atoms with Gasteiger partial charge in [0.1, 0.15) is 0 Å². The van der Waals surface area contributed by atoms with Crippen LogP contribution >= 0.6 is 0 Å². The van der Waals surface area contributed by atoms with E-state index in [1.54, 1.807) is 0 Å². The Bertz CT molecular complexity index is 379. The van der Waals surface area contributed by atoms with E-state index < -0.39 is 5.60 Å². The molecule has 0 spiro atoms. The highest BCUT2D eigenvalue weighted by atomic mass is 16.3. The van der Waals surface area contributed by atoms with Gasteiger partial charge < -0.3 is 10.4 Å². The first-order valence-electron chi connectivity index (χ1n) is 6.01. The first-order valence-corrected chi connectivity index (χ1v) is 6.01. The smallest absolute Gasteiger partial charge is 0.0715 e. The minimum Gasteiger partial charge on any atom is -0.389 e. The fourth-order valence-corrected chi connectivity index (χ4v) is 2.42. The third-order valence-electron chi connectivity index (χ3n) is 3.29. The van der Waals surface area contributed by atoms with Gasteiger partial charge in [-0.25, -0.2) is 0 Å². The van der Waals surface area contributed by atoms with Gasteiger partial charge >= 0.3 is 0 Å². The van der Waals surface area contributed by atoms with Crippen LogP contribution in [-0.2, 0) is 6.42 Å². The molecule has 0 bridgehead atoms. The first-order chi connectivity index (χ1) is 7.47. The lowest BCUT2D eigenvalue weighted by molar-refractivity contribution is 0.0764. The van der Waals surface area contributed by atoms with Crippen molar-refractivity contribution >= 4 is 0 Å². The van der Waals surface area contributed by atoms with Gasteiger partial charge in [-0.15, -0.1) is 0 Å². The lowest BCUT2D eigenvalue weighted by Gasteiger charge is -2.22. The van der Waals surface area contributed by atoms with Gasteiger partial charge in [-0.3, -0.25) is 0 Å². The number of aliphatic hydroxyl groups is 1. The topological polar surface area (TPSA) is 32.3 Å². The molecule has 0 aromatic heterocycles. The molecular formula is C14H21NO. The third kappa shape index (κ3) is 2.45. The Labute approximate surface area is 97.7 Å². The molecule has 0 radical (unpaired) electrons. The van der Waals surface area contributed by atoms with Crippen molar-refractivity contribution in [2.45, 2.75) is 45.3 Å². The number of hydrogen-bond acceptors (Lipinski definition) is 2. The molecule has 1 unspecified atom stereocenters. The van der Waals surface area contributed by atoms with Gasteiger partial charge in [0.25, 0.3) is 0 Å². The third-order valence-corrected chi connectivity index (χ3v) is 3.29. The van der Waals surface area contributed by atoms with Crippen LogP contribution in [-0.4, -0.2) is 17.3 Å². The predicted molar refractivity (Wildman–Crippen MR) is 66.5 cm³/mol. The molecule has 0 saturated heterocycles. The van der Waals surface area contributed by atoms with Crippen LogP contribution in [0.5, 0.6) is 0 Å². The molecule has 2 nitrogen and oxygen atoms in total. The zero-order valence-corrected chi connectivity index (χ0v) is 10.4. The molecular weight excluding hydrogens is 198 g/mol. The van der Waals surface area contributed by atoms with Crippen molar-refractivity contribution < 1.29 is 5.11 Å².